The van der Waals surface area contributed by atoms with Crippen LogP contribution >= 0.6 is 0 Å². The fourth-order valence-electron chi connectivity index (χ4n) is 2.49. The smallest absolute Gasteiger partial charge is 0.416 e. The summed E-state index contributed by atoms with van der Waals surface area (Å²) < 4.78 is 77.9. The van der Waals surface area contributed by atoms with Crippen molar-refractivity contribution >= 4 is 5.97 Å². The number of halogens is 6. The van der Waals surface area contributed by atoms with Crippen LogP contribution in [0.4, 0.5) is 26.3 Å². The summed E-state index contributed by atoms with van der Waals surface area (Å²) in [6, 6.07) is 1.21. The molecule has 0 bridgehead atoms. The number of carbonyl (C=O) groups is 1. The first-order valence-corrected chi connectivity index (χ1v) is 7.13. The maximum Gasteiger partial charge on any atom is 0.416 e. The molecule has 2 unspecified atom stereocenters. The highest BCUT2D eigenvalue weighted by molar-refractivity contribution is 5.70. The maximum absolute atomic E-state index is 13.1. The molecule has 9 heteroatoms. The summed E-state index contributed by atoms with van der Waals surface area (Å²) in [6.07, 6.45) is -9.85. The molecule has 136 valence electrons. The monoisotopic (exact) mass is 357 g/mol. The topological polar surface area (TPSA) is 63.3 Å². The molecular weight excluding hydrogens is 340 g/mol. The van der Waals surface area contributed by atoms with Gasteiger partial charge in [0.15, 0.2) is 0 Å². The lowest BCUT2D eigenvalue weighted by Gasteiger charge is -2.24. The van der Waals surface area contributed by atoms with E-state index >= 15 is 0 Å². The molecule has 1 aromatic carbocycles. The molecule has 1 aromatic rings. The number of nitrogens with two attached hydrogens (primary N) is 1. The fourth-order valence-corrected chi connectivity index (χ4v) is 2.49. The number of carboxylic acids is 1. The first kappa shape index (κ1) is 20.3. The van der Waals surface area contributed by atoms with Gasteiger partial charge in [-0.3, -0.25) is 4.79 Å². The predicted octanol–water partition coefficient (Wildman–Crippen LogP) is 4.27. The molecule has 3 N–H and O–H groups in total. The van der Waals surface area contributed by atoms with Gasteiger partial charge in [0.1, 0.15) is 0 Å². The molecule has 0 aromatic heterocycles. The van der Waals surface area contributed by atoms with E-state index in [0.29, 0.717) is 18.2 Å². The van der Waals surface area contributed by atoms with E-state index in [-0.39, 0.29) is 19.4 Å². The number of hydrogen-bond acceptors (Lipinski definition) is 2. The SMILES string of the molecule is CCC(CC(CN)C(=O)O)c1cc(C(F)(F)F)ccc1C(F)(F)F. The van der Waals surface area contributed by atoms with Crippen molar-refractivity contribution in [2.24, 2.45) is 11.7 Å². The quantitative estimate of drug-likeness (QED) is 0.748. The zero-order chi connectivity index (χ0) is 18.7. The lowest BCUT2D eigenvalue weighted by Crippen LogP contribution is -2.26. The Morgan fingerprint density at radius 3 is 2.12 bits per heavy atom. The Morgan fingerprint density at radius 1 is 1.17 bits per heavy atom. The predicted molar refractivity (Wildman–Crippen MR) is 74.3 cm³/mol. The van der Waals surface area contributed by atoms with Crippen LogP contribution in [0.3, 0.4) is 0 Å². The molecule has 24 heavy (non-hydrogen) atoms. The average molecular weight is 357 g/mol. The second-order valence-corrected chi connectivity index (χ2v) is 5.41. The van der Waals surface area contributed by atoms with Crippen molar-refractivity contribution in [2.45, 2.75) is 38.0 Å². The molecule has 0 saturated carbocycles. The Balaban J connectivity index is 3.41. The summed E-state index contributed by atoms with van der Waals surface area (Å²) in [5.41, 5.74) is 2.34. The summed E-state index contributed by atoms with van der Waals surface area (Å²) in [7, 11) is 0. The van der Waals surface area contributed by atoms with Crippen molar-refractivity contribution in [3.63, 3.8) is 0 Å². The number of alkyl halides is 6. The van der Waals surface area contributed by atoms with Gasteiger partial charge < -0.3 is 10.8 Å². The lowest BCUT2D eigenvalue weighted by molar-refractivity contribution is -0.142. The van der Waals surface area contributed by atoms with Crippen molar-refractivity contribution in [2.75, 3.05) is 6.54 Å². The summed E-state index contributed by atoms with van der Waals surface area (Å²) in [6.45, 7) is 1.17. The third kappa shape index (κ3) is 4.86. The van der Waals surface area contributed by atoms with E-state index < -0.39 is 46.8 Å². The fraction of sp³-hybridized carbons (Fsp3) is 0.533. The van der Waals surface area contributed by atoms with Gasteiger partial charge in [0.2, 0.25) is 0 Å². The minimum absolute atomic E-state index is 0.0498. The number of carboxylic acid groups (broad SMARTS) is 1. The zero-order valence-electron chi connectivity index (χ0n) is 12.7. The standard InChI is InChI=1S/C15H17F6NO2/c1-2-8(5-9(7-22)13(23)24)11-6-10(14(16,17)18)3-4-12(11)15(19,20)21/h3-4,6,8-9H,2,5,7,22H2,1H3,(H,23,24). The molecule has 3 nitrogen and oxygen atoms in total. The number of hydrogen-bond donors (Lipinski definition) is 2. The largest absolute Gasteiger partial charge is 0.481 e. The van der Waals surface area contributed by atoms with Crippen LogP contribution in [0.2, 0.25) is 0 Å². The molecule has 0 fully saturated rings. The highest BCUT2D eigenvalue weighted by Gasteiger charge is 2.39. The van der Waals surface area contributed by atoms with E-state index in [1.165, 1.54) is 6.92 Å². The van der Waals surface area contributed by atoms with Crippen LogP contribution in [0.25, 0.3) is 0 Å². The molecule has 0 aliphatic carbocycles. The van der Waals surface area contributed by atoms with Gasteiger partial charge in [0.05, 0.1) is 17.0 Å². The minimum atomic E-state index is -4.84. The molecule has 0 aliphatic heterocycles. The number of aliphatic carboxylic acids is 1. The molecule has 0 radical (unpaired) electrons. The maximum atomic E-state index is 13.1. The van der Waals surface area contributed by atoms with Crippen molar-refractivity contribution < 1.29 is 36.2 Å². The number of rotatable bonds is 6. The van der Waals surface area contributed by atoms with Crippen LogP contribution in [0, 0.1) is 5.92 Å². The number of benzene rings is 1. The van der Waals surface area contributed by atoms with Crippen molar-refractivity contribution in [3.05, 3.63) is 34.9 Å². The van der Waals surface area contributed by atoms with Crippen molar-refractivity contribution in [3.8, 4) is 0 Å². The zero-order valence-corrected chi connectivity index (χ0v) is 12.7. The van der Waals surface area contributed by atoms with Crippen LogP contribution in [0.5, 0.6) is 0 Å². The van der Waals surface area contributed by atoms with E-state index in [1.54, 1.807) is 0 Å². The second kappa shape index (κ2) is 7.42. The summed E-state index contributed by atoms with van der Waals surface area (Å²) >= 11 is 0. The van der Waals surface area contributed by atoms with Crippen LogP contribution in [0.1, 0.15) is 42.4 Å². The van der Waals surface area contributed by atoms with E-state index in [2.05, 4.69) is 0 Å². The third-order valence-corrected chi connectivity index (χ3v) is 3.82. The van der Waals surface area contributed by atoms with Crippen LogP contribution < -0.4 is 5.73 Å². The molecule has 1 rings (SSSR count). The van der Waals surface area contributed by atoms with Gasteiger partial charge in [-0.1, -0.05) is 6.92 Å². The Morgan fingerprint density at radius 2 is 1.75 bits per heavy atom. The molecule has 0 amide bonds. The molecular formula is C15H17F6NO2. The van der Waals surface area contributed by atoms with Gasteiger partial charge >= 0.3 is 18.3 Å². The molecule has 0 heterocycles. The second-order valence-electron chi connectivity index (χ2n) is 5.41. The molecule has 0 saturated heterocycles. The van der Waals surface area contributed by atoms with Crippen LogP contribution in [0.15, 0.2) is 18.2 Å². The Kier molecular flexibility index (Phi) is 6.26. The first-order chi connectivity index (χ1) is 10.9. The third-order valence-electron chi connectivity index (χ3n) is 3.82. The molecule has 0 aliphatic rings. The van der Waals surface area contributed by atoms with Gasteiger partial charge in [-0.05, 0) is 42.5 Å². The van der Waals surface area contributed by atoms with Crippen LogP contribution in [-0.4, -0.2) is 17.6 Å². The van der Waals surface area contributed by atoms with E-state index in [9.17, 15) is 31.1 Å². The summed E-state index contributed by atoms with van der Waals surface area (Å²) in [5.74, 6) is -3.43. The van der Waals surface area contributed by atoms with Crippen LogP contribution in [-0.2, 0) is 17.1 Å². The van der Waals surface area contributed by atoms with Gasteiger partial charge in [0, 0.05) is 6.54 Å². The van der Waals surface area contributed by atoms with E-state index in [4.69, 9.17) is 10.8 Å². The highest BCUT2D eigenvalue weighted by atomic mass is 19.4. The van der Waals surface area contributed by atoms with Gasteiger partial charge in [0.25, 0.3) is 0 Å². The lowest BCUT2D eigenvalue weighted by atomic mass is 9.83. The molecule has 0 spiro atoms. The minimum Gasteiger partial charge on any atom is -0.481 e. The summed E-state index contributed by atoms with van der Waals surface area (Å²) in [5, 5.41) is 9.00. The molecule has 2 atom stereocenters. The Labute approximate surface area is 134 Å². The summed E-state index contributed by atoms with van der Waals surface area (Å²) in [4.78, 5) is 11.0. The van der Waals surface area contributed by atoms with Gasteiger partial charge in [-0.25, -0.2) is 0 Å². The van der Waals surface area contributed by atoms with E-state index in [1.807, 2.05) is 0 Å². The van der Waals surface area contributed by atoms with Crippen molar-refractivity contribution in [1.29, 1.82) is 0 Å². The Hall–Kier alpha value is -1.77. The van der Waals surface area contributed by atoms with E-state index in [0.717, 1.165) is 0 Å². The highest BCUT2D eigenvalue weighted by Crippen LogP contribution is 2.41. The first-order valence-electron chi connectivity index (χ1n) is 7.13. The van der Waals surface area contributed by atoms with Gasteiger partial charge in [-0.2, -0.15) is 26.3 Å². The average Bonchev–Trinajstić information content (AvgIpc) is 2.45. The Bertz CT molecular complexity index is 582. The van der Waals surface area contributed by atoms with Gasteiger partial charge in [-0.15, -0.1) is 0 Å². The van der Waals surface area contributed by atoms with Crippen molar-refractivity contribution in [1.82, 2.24) is 0 Å². The normalized spacial score (nSPS) is 15.2.